The molecule has 2 heteroatoms. The minimum absolute atomic E-state index is 0.826. The molecule has 0 bridgehead atoms. The molecule has 0 saturated heterocycles. The summed E-state index contributed by atoms with van der Waals surface area (Å²) in [5.74, 6) is 1.65. The lowest BCUT2D eigenvalue weighted by molar-refractivity contribution is 0.679. The fourth-order valence-electron chi connectivity index (χ4n) is 0.670. The smallest absolute Gasteiger partial charge is 0.0193 e. The molecular weight excluding hydrogens is 108 g/mol. The van der Waals surface area contributed by atoms with Crippen molar-refractivity contribution in [2.75, 3.05) is 17.8 Å². The van der Waals surface area contributed by atoms with E-state index in [0.717, 1.165) is 11.5 Å². The summed E-state index contributed by atoms with van der Waals surface area (Å²) in [6.07, 6.45) is 5.86. The first-order chi connectivity index (χ1) is 3.21. The predicted molar refractivity (Wildman–Crippen MR) is 34.3 cm³/mol. The molecule has 0 unspecified atom stereocenters. The number of rotatable bonds is 0. The maximum atomic E-state index is 11.0. The summed E-state index contributed by atoms with van der Waals surface area (Å²) in [5.41, 5.74) is 0. The molecule has 0 spiro atoms. The van der Waals surface area contributed by atoms with E-state index < -0.39 is 9.93 Å². The Morgan fingerprint density at radius 2 is 1.86 bits per heavy atom. The molecule has 0 amide bonds. The first-order valence-corrected chi connectivity index (χ1v) is 4.94. The van der Waals surface area contributed by atoms with Crippen molar-refractivity contribution in [3.8, 4) is 0 Å². The molecule has 1 heterocycles. The van der Waals surface area contributed by atoms with Crippen LogP contribution in [-0.4, -0.2) is 22.0 Å². The van der Waals surface area contributed by atoms with Crippen molar-refractivity contribution in [1.29, 1.82) is 0 Å². The van der Waals surface area contributed by atoms with Crippen LogP contribution in [0.4, 0.5) is 0 Å². The largest absolute Gasteiger partial charge is 0.284 e. The van der Waals surface area contributed by atoms with Crippen LogP contribution >= 0.6 is 0 Å². The molecule has 0 aromatic rings. The molecule has 42 valence electrons. The van der Waals surface area contributed by atoms with E-state index >= 15 is 0 Å². The predicted octanol–water partition coefficient (Wildman–Crippen LogP) is 0.203. The average Bonchev–Trinajstić information content (AvgIpc) is 1.84. The van der Waals surface area contributed by atoms with Crippen molar-refractivity contribution < 1.29 is 4.21 Å². The minimum atomic E-state index is -1.65. The number of hydrogen-bond acceptors (Lipinski definition) is 1. The highest BCUT2D eigenvalue weighted by Gasteiger charge is 2.07. The molecule has 1 aliphatic heterocycles. The maximum absolute atomic E-state index is 11.0. The molecule has 0 saturated carbocycles. The van der Waals surface area contributed by atoms with E-state index in [1.165, 1.54) is 0 Å². The molecule has 1 nitrogen and oxygen atoms in total. The number of thiol groups is 1. The quantitative estimate of drug-likeness (QED) is 0.355. The van der Waals surface area contributed by atoms with Gasteiger partial charge in [0.2, 0.25) is 0 Å². The summed E-state index contributed by atoms with van der Waals surface area (Å²) in [4.78, 5) is 0. The van der Waals surface area contributed by atoms with Crippen LogP contribution in [-0.2, 0) is 9.93 Å². The zero-order valence-corrected chi connectivity index (χ0v) is 5.32. The average molecular weight is 118 g/mol. The van der Waals surface area contributed by atoms with Gasteiger partial charge in [-0.15, -0.1) is 0 Å². The number of hydrogen-bond donors (Lipinski definition) is 1. The monoisotopic (exact) mass is 118 g/mol. The molecular formula is C5H10OS. The fraction of sp³-hybridized carbons (Fsp3) is 0.600. The second-order valence-electron chi connectivity index (χ2n) is 2.13. The molecule has 0 N–H and O–H groups in total. The summed E-state index contributed by atoms with van der Waals surface area (Å²) in [6, 6.07) is 0. The van der Waals surface area contributed by atoms with Crippen LogP contribution < -0.4 is 0 Å². The first-order valence-electron chi connectivity index (χ1n) is 2.41. The highest BCUT2D eigenvalue weighted by atomic mass is 32.2. The Labute approximate surface area is 44.8 Å². The second kappa shape index (κ2) is 1.44. The Balaban J connectivity index is 2.67. The highest BCUT2D eigenvalue weighted by Crippen LogP contribution is 2.06. The summed E-state index contributed by atoms with van der Waals surface area (Å²) >= 11 is 0. The van der Waals surface area contributed by atoms with Crippen LogP contribution in [0, 0.1) is 0 Å². The summed E-state index contributed by atoms with van der Waals surface area (Å²) < 4.78 is 11.0. The van der Waals surface area contributed by atoms with Gasteiger partial charge in [-0.3, -0.25) is 4.21 Å². The van der Waals surface area contributed by atoms with Gasteiger partial charge in [-0.2, -0.15) is 0 Å². The third-order valence-electron chi connectivity index (χ3n) is 1.15. The van der Waals surface area contributed by atoms with Crippen molar-refractivity contribution in [3.63, 3.8) is 0 Å². The topological polar surface area (TPSA) is 17.1 Å². The van der Waals surface area contributed by atoms with E-state index in [9.17, 15) is 4.21 Å². The summed E-state index contributed by atoms with van der Waals surface area (Å²) in [5, 5.41) is 0. The Hall–Kier alpha value is -0.110. The van der Waals surface area contributed by atoms with Crippen LogP contribution in [0.2, 0.25) is 0 Å². The van der Waals surface area contributed by atoms with E-state index in [1.807, 2.05) is 18.4 Å². The van der Waals surface area contributed by atoms with Crippen molar-refractivity contribution in [1.82, 2.24) is 0 Å². The van der Waals surface area contributed by atoms with E-state index in [1.54, 1.807) is 0 Å². The highest BCUT2D eigenvalue weighted by molar-refractivity contribution is 8.02. The summed E-state index contributed by atoms with van der Waals surface area (Å²) in [6.45, 7) is 0. The molecule has 7 heavy (non-hydrogen) atoms. The Morgan fingerprint density at radius 1 is 1.43 bits per heavy atom. The van der Waals surface area contributed by atoms with Crippen molar-refractivity contribution in [2.45, 2.75) is 0 Å². The summed E-state index contributed by atoms with van der Waals surface area (Å²) in [7, 11) is -1.65. The van der Waals surface area contributed by atoms with Gasteiger partial charge in [0.15, 0.2) is 0 Å². The van der Waals surface area contributed by atoms with E-state index in [4.69, 9.17) is 0 Å². The molecule has 0 aromatic carbocycles. The van der Waals surface area contributed by atoms with Gasteiger partial charge in [0.25, 0.3) is 0 Å². The van der Waals surface area contributed by atoms with Gasteiger partial charge < -0.3 is 0 Å². The van der Waals surface area contributed by atoms with E-state index in [0.29, 0.717) is 0 Å². The molecule has 0 radical (unpaired) electrons. The Bertz CT molecular complexity index is 125. The van der Waals surface area contributed by atoms with Gasteiger partial charge in [-0.05, 0) is 6.26 Å². The Kier molecular flexibility index (Phi) is 1.04. The van der Waals surface area contributed by atoms with Gasteiger partial charge in [-0.1, -0.05) is 22.1 Å². The van der Waals surface area contributed by atoms with E-state index in [-0.39, 0.29) is 0 Å². The minimum Gasteiger partial charge on any atom is -0.284 e. The van der Waals surface area contributed by atoms with Gasteiger partial charge in [-0.25, -0.2) is 0 Å². The lowest BCUT2D eigenvalue weighted by Crippen LogP contribution is -2.10. The van der Waals surface area contributed by atoms with Crippen LogP contribution in [0.1, 0.15) is 0 Å². The van der Waals surface area contributed by atoms with Gasteiger partial charge >= 0.3 is 0 Å². The third kappa shape index (κ3) is 1.13. The zero-order valence-electron chi connectivity index (χ0n) is 4.42. The molecule has 1 aliphatic rings. The second-order valence-corrected chi connectivity index (χ2v) is 5.46. The molecule has 0 fully saturated rings. The van der Waals surface area contributed by atoms with E-state index in [2.05, 4.69) is 0 Å². The SMILES string of the molecule is C[SH]1(=O)CC=CC1. The van der Waals surface area contributed by atoms with Gasteiger partial charge in [0.1, 0.15) is 0 Å². The first kappa shape index (κ1) is 5.04. The van der Waals surface area contributed by atoms with Gasteiger partial charge in [0, 0.05) is 11.5 Å². The van der Waals surface area contributed by atoms with Crippen LogP contribution in [0.5, 0.6) is 0 Å². The van der Waals surface area contributed by atoms with Crippen LogP contribution in [0.25, 0.3) is 0 Å². The maximum Gasteiger partial charge on any atom is 0.0193 e. The molecule has 0 atom stereocenters. The normalized spacial score (nSPS) is 30.4. The van der Waals surface area contributed by atoms with Crippen molar-refractivity contribution in [3.05, 3.63) is 12.2 Å². The van der Waals surface area contributed by atoms with Crippen LogP contribution in [0.15, 0.2) is 12.2 Å². The molecule has 0 aliphatic carbocycles. The molecule has 1 rings (SSSR count). The van der Waals surface area contributed by atoms with Crippen molar-refractivity contribution in [2.24, 2.45) is 0 Å². The lowest BCUT2D eigenvalue weighted by atomic mass is 10.6. The zero-order chi connectivity index (χ0) is 5.33. The standard InChI is InChI=1S/C5H10OS/c1-7(6)4-2-3-5-7/h2-3,7H,4-5H2,1H3. The van der Waals surface area contributed by atoms with Crippen LogP contribution in [0.3, 0.4) is 0 Å². The van der Waals surface area contributed by atoms with Crippen molar-refractivity contribution >= 4 is 9.93 Å². The molecule has 0 aromatic heterocycles. The van der Waals surface area contributed by atoms with Gasteiger partial charge in [0.05, 0.1) is 0 Å². The lowest BCUT2D eigenvalue weighted by Gasteiger charge is -2.05. The Morgan fingerprint density at radius 3 is 2.00 bits per heavy atom. The fourth-order valence-corrected chi connectivity index (χ4v) is 2.01. The third-order valence-corrected chi connectivity index (χ3v) is 3.12.